The van der Waals surface area contributed by atoms with Gasteiger partial charge in [-0.1, -0.05) is 0 Å². The van der Waals surface area contributed by atoms with Crippen LogP contribution in [0.3, 0.4) is 0 Å². The molecule has 4 nitrogen and oxygen atoms in total. The van der Waals surface area contributed by atoms with Gasteiger partial charge in [-0.15, -0.1) is 0 Å². The van der Waals surface area contributed by atoms with Crippen LogP contribution in [-0.2, 0) is 0 Å². The van der Waals surface area contributed by atoms with Crippen LogP contribution in [0.4, 0.5) is 0 Å². The lowest BCUT2D eigenvalue weighted by atomic mass is 10.0. The first-order chi connectivity index (χ1) is 9.72. The number of piperidine rings is 1. The largest absolute Gasteiger partial charge is 0.477 e. The lowest BCUT2D eigenvalue weighted by molar-refractivity contribution is 0.0678. The molecular weight excluding hydrogens is 272 g/mol. The first-order valence-electron chi connectivity index (χ1n) is 7.34. The van der Waals surface area contributed by atoms with Gasteiger partial charge in [-0.05, 0) is 56.4 Å². The van der Waals surface area contributed by atoms with Gasteiger partial charge < -0.3 is 14.6 Å². The monoisotopic (exact) mass is 296 g/mol. The van der Waals surface area contributed by atoms with E-state index in [0.717, 1.165) is 25.9 Å². The van der Waals surface area contributed by atoms with E-state index in [9.17, 15) is 9.90 Å². The lowest BCUT2D eigenvalue weighted by Gasteiger charge is -2.33. The van der Waals surface area contributed by atoms with E-state index >= 15 is 0 Å². The number of aromatic carboxylic acids is 1. The molecule has 1 aliphatic heterocycles. The third kappa shape index (κ3) is 4.03. The zero-order valence-electron chi connectivity index (χ0n) is 12.1. The van der Waals surface area contributed by atoms with Crippen LogP contribution in [0.1, 0.15) is 42.2 Å². The van der Waals surface area contributed by atoms with Crippen molar-refractivity contribution in [3.63, 3.8) is 0 Å². The normalized spacial score (nSPS) is 17.4. The summed E-state index contributed by atoms with van der Waals surface area (Å²) in [5.41, 5.74) is 0.420. The predicted octanol–water partition coefficient (Wildman–Crippen LogP) is 2.97. The smallest absolute Gasteiger partial charge is 0.352 e. The van der Waals surface area contributed by atoms with E-state index in [4.69, 9.17) is 0 Å². The summed E-state index contributed by atoms with van der Waals surface area (Å²) in [5.74, 6) is 0.427. The SMILES string of the molecule is CSCCCCN1CCC(n2cccc2C(=O)O)CC1. The molecule has 1 aromatic heterocycles. The summed E-state index contributed by atoms with van der Waals surface area (Å²) in [5, 5.41) is 9.17. The number of carboxylic acids is 1. The minimum absolute atomic E-state index is 0.346. The van der Waals surface area contributed by atoms with Crippen molar-refractivity contribution in [2.75, 3.05) is 31.6 Å². The van der Waals surface area contributed by atoms with Crippen molar-refractivity contribution in [1.29, 1.82) is 0 Å². The number of hydrogen-bond donors (Lipinski definition) is 1. The zero-order valence-corrected chi connectivity index (χ0v) is 12.9. The Balaban J connectivity index is 1.79. The summed E-state index contributed by atoms with van der Waals surface area (Å²) in [7, 11) is 0. The molecule has 1 N–H and O–H groups in total. The molecule has 0 bridgehead atoms. The van der Waals surface area contributed by atoms with Gasteiger partial charge in [0.15, 0.2) is 0 Å². The Morgan fingerprint density at radius 2 is 2.15 bits per heavy atom. The van der Waals surface area contributed by atoms with E-state index in [1.54, 1.807) is 6.07 Å². The Bertz CT molecular complexity index is 425. The third-order valence-corrected chi connectivity index (χ3v) is 4.72. The van der Waals surface area contributed by atoms with Crippen LogP contribution in [0.15, 0.2) is 18.3 Å². The number of hydrogen-bond acceptors (Lipinski definition) is 3. The van der Waals surface area contributed by atoms with E-state index in [-0.39, 0.29) is 0 Å². The molecule has 0 aliphatic carbocycles. The topological polar surface area (TPSA) is 45.5 Å². The van der Waals surface area contributed by atoms with Crippen molar-refractivity contribution in [2.24, 2.45) is 0 Å². The number of unbranched alkanes of at least 4 members (excludes halogenated alkanes) is 1. The van der Waals surface area contributed by atoms with Crippen molar-refractivity contribution < 1.29 is 9.90 Å². The lowest BCUT2D eigenvalue weighted by Crippen LogP contribution is -2.35. The summed E-state index contributed by atoms with van der Waals surface area (Å²) < 4.78 is 1.94. The molecule has 20 heavy (non-hydrogen) atoms. The summed E-state index contributed by atoms with van der Waals surface area (Å²) in [6, 6.07) is 3.87. The number of nitrogens with zero attached hydrogens (tertiary/aromatic N) is 2. The maximum Gasteiger partial charge on any atom is 0.352 e. The van der Waals surface area contributed by atoms with E-state index in [2.05, 4.69) is 11.2 Å². The number of carbonyl (C=O) groups is 1. The van der Waals surface area contributed by atoms with Crippen LogP contribution in [-0.4, -0.2) is 52.2 Å². The number of rotatable bonds is 7. The average molecular weight is 296 g/mol. The molecule has 0 radical (unpaired) electrons. The fraction of sp³-hybridized carbons (Fsp3) is 0.667. The molecule has 1 saturated heterocycles. The molecular formula is C15H24N2O2S. The maximum absolute atomic E-state index is 11.2. The van der Waals surface area contributed by atoms with E-state index in [1.807, 2.05) is 28.6 Å². The van der Waals surface area contributed by atoms with Crippen molar-refractivity contribution in [3.8, 4) is 0 Å². The molecule has 1 fully saturated rings. The quantitative estimate of drug-likeness (QED) is 0.786. The van der Waals surface area contributed by atoms with Gasteiger partial charge in [0.2, 0.25) is 0 Å². The van der Waals surface area contributed by atoms with Gasteiger partial charge in [-0.2, -0.15) is 11.8 Å². The Kier molecular flexibility index (Phi) is 5.98. The summed E-state index contributed by atoms with van der Waals surface area (Å²) in [6.45, 7) is 3.35. The van der Waals surface area contributed by atoms with Gasteiger partial charge in [0.05, 0.1) is 0 Å². The first-order valence-corrected chi connectivity index (χ1v) is 8.73. The minimum Gasteiger partial charge on any atom is -0.477 e. The highest BCUT2D eigenvalue weighted by Gasteiger charge is 2.22. The van der Waals surface area contributed by atoms with Crippen LogP contribution in [0, 0.1) is 0 Å². The predicted molar refractivity (Wildman–Crippen MR) is 83.7 cm³/mol. The molecule has 1 aromatic rings. The summed E-state index contributed by atoms with van der Waals surface area (Å²) >= 11 is 1.91. The van der Waals surface area contributed by atoms with Crippen LogP contribution in [0.25, 0.3) is 0 Å². The van der Waals surface area contributed by atoms with Crippen LogP contribution < -0.4 is 0 Å². The van der Waals surface area contributed by atoms with Crippen LogP contribution in [0.5, 0.6) is 0 Å². The fourth-order valence-electron chi connectivity index (χ4n) is 2.90. The Labute approximate surface area is 125 Å². The van der Waals surface area contributed by atoms with Crippen LogP contribution >= 0.6 is 11.8 Å². The Morgan fingerprint density at radius 3 is 2.80 bits per heavy atom. The molecule has 0 amide bonds. The highest BCUT2D eigenvalue weighted by atomic mass is 32.2. The number of thioether (sulfide) groups is 1. The van der Waals surface area contributed by atoms with Crippen molar-refractivity contribution in [1.82, 2.24) is 9.47 Å². The van der Waals surface area contributed by atoms with E-state index < -0.39 is 5.97 Å². The number of likely N-dealkylation sites (tertiary alicyclic amines) is 1. The molecule has 2 heterocycles. The molecule has 112 valence electrons. The Hall–Kier alpha value is -0.940. The number of aromatic nitrogens is 1. The molecule has 2 rings (SSSR count). The highest BCUT2D eigenvalue weighted by Crippen LogP contribution is 2.24. The van der Waals surface area contributed by atoms with Crippen molar-refractivity contribution in [2.45, 2.75) is 31.7 Å². The van der Waals surface area contributed by atoms with Gasteiger partial charge in [0.25, 0.3) is 0 Å². The van der Waals surface area contributed by atoms with Gasteiger partial charge in [0, 0.05) is 25.3 Å². The van der Waals surface area contributed by atoms with Crippen molar-refractivity contribution in [3.05, 3.63) is 24.0 Å². The van der Waals surface area contributed by atoms with E-state index in [0.29, 0.717) is 11.7 Å². The van der Waals surface area contributed by atoms with E-state index in [1.165, 1.54) is 25.1 Å². The van der Waals surface area contributed by atoms with Gasteiger partial charge in [0.1, 0.15) is 5.69 Å². The molecule has 0 saturated carbocycles. The molecule has 0 aromatic carbocycles. The third-order valence-electron chi connectivity index (χ3n) is 4.02. The second-order valence-electron chi connectivity index (χ2n) is 5.38. The van der Waals surface area contributed by atoms with Gasteiger partial charge in [-0.25, -0.2) is 4.79 Å². The van der Waals surface area contributed by atoms with Crippen molar-refractivity contribution >= 4 is 17.7 Å². The minimum atomic E-state index is -0.825. The van der Waals surface area contributed by atoms with Gasteiger partial charge >= 0.3 is 5.97 Å². The molecule has 5 heteroatoms. The first kappa shape index (κ1) is 15.4. The Morgan fingerprint density at radius 1 is 1.40 bits per heavy atom. The molecule has 1 aliphatic rings. The summed E-state index contributed by atoms with van der Waals surface area (Å²) in [4.78, 5) is 13.7. The fourth-order valence-corrected chi connectivity index (χ4v) is 3.39. The second kappa shape index (κ2) is 7.74. The molecule has 0 spiro atoms. The molecule has 0 unspecified atom stereocenters. The number of carboxylic acid groups (broad SMARTS) is 1. The standard InChI is InChI=1S/C15H24N2O2S/c1-20-12-3-2-8-16-10-6-13(7-11-16)17-9-4-5-14(17)15(18)19/h4-5,9,13H,2-3,6-8,10-12H2,1H3,(H,18,19). The van der Waals surface area contributed by atoms with Crippen LogP contribution in [0.2, 0.25) is 0 Å². The highest BCUT2D eigenvalue weighted by molar-refractivity contribution is 7.98. The van der Waals surface area contributed by atoms with Gasteiger partial charge in [-0.3, -0.25) is 0 Å². The second-order valence-corrected chi connectivity index (χ2v) is 6.36. The zero-order chi connectivity index (χ0) is 14.4. The molecule has 0 atom stereocenters. The average Bonchev–Trinajstić information content (AvgIpc) is 2.94. The maximum atomic E-state index is 11.2. The summed E-state index contributed by atoms with van der Waals surface area (Å²) in [6.07, 6.45) is 8.73.